The molecule has 3 aromatic rings. The van der Waals surface area contributed by atoms with E-state index >= 15 is 0 Å². The Morgan fingerprint density at radius 2 is 2.18 bits per heavy atom. The lowest BCUT2D eigenvalue weighted by atomic mass is 9.90. The Kier molecular flexibility index (Phi) is 6.80. The summed E-state index contributed by atoms with van der Waals surface area (Å²) >= 11 is 0. The summed E-state index contributed by atoms with van der Waals surface area (Å²) in [6.07, 6.45) is 6.77. The van der Waals surface area contributed by atoms with Crippen LogP contribution in [0.15, 0.2) is 40.1 Å². The largest absolute Gasteiger partial charge is 0.438 e. The Bertz CT molecular complexity index is 1190. The molecule has 0 saturated carbocycles. The number of aliphatic imine (C=N–C) groups is 1. The molecule has 180 valence electrons. The normalized spacial score (nSPS) is 21.0. The van der Waals surface area contributed by atoms with Gasteiger partial charge in [0, 0.05) is 44.3 Å². The van der Waals surface area contributed by atoms with Crippen molar-refractivity contribution in [3.05, 3.63) is 41.9 Å². The molecule has 0 spiro atoms. The topological polar surface area (TPSA) is 162 Å². The van der Waals surface area contributed by atoms with Crippen molar-refractivity contribution in [2.75, 3.05) is 35.6 Å². The van der Waals surface area contributed by atoms with Crippen LogP contribution >= 0.6 is 0 Å². The summed E-state index contributed by atoms with van der Waals surface area (Å²) in [6.45, 7) is 7.93. The number of nitrogens with zero attached hydrogens (tertiary/aromatic N) is 4. The standard InChI is InChI=1S/C24H32N8O2/c1-13(2)15-8-19-22(30-9-15)20(23(27)34-19)24(33)31-17-10-28-6-4-18(17)32-11-14(3)21(16(26)12-32)29-7-5-25/h4,6-10,13-14,16,21H,5,11-12,25-27H2,1-3H3,(H,31,33). The van der Waals surface area contributed by atoms with E-state index in [1.165, 1.54) is 0 Å². The van der Waals surface area contributed by atoms with E-state index in [1.54, 1.807) is 24.8 Å². The van der Waals surface area contributed by atoms with E-state index in [1.807, 2.05) is 12.1 Å². The summed E-state index contributed by atoms with van der Waals surface area (Å²) in [7, 11) is 0. The number of nitrogens with one attached hydrogen (secondary N) is 1. The van der Waals surface area contributed by atoms with Gasteiger partial charge in [0.25, 0.3) is 5.91 Å². The molecule has 0 radical (unpaired) electrons. The minimum Gasteiger partial charge on any atom is -0.438 e. The highest BCUT2D eigenvalue weighted by atomic mass is 16.3. The van der Waals surface area contributed by atoms with Crippen LogP contribution in [-0.4, -0.2) is 53.8 Å². The van der Waals surface area contributed by atoms with Gasteiger partial charge >= 0.3 is 0 Å². The average Bonchev–Trinajstić information content (AvgIpc) is 3.13. The van der Waals surface area contributed by atoms with Crippen LogP contribution in [0.4, 0.5) is 17.3 Å². The van der Waals surface area contributed by atoms with E-state index in [2.05, 4.69) is 45.9 Å². The number of fused-ring (bicyclic) bond motifs is 1. The number of carbonyl (C=O) groups excluding carboxylic acids is 1. The van der Waals surface area contributed by atoms with Crippen LogP contribution in [0.25, 0.3) is 11.1 Å². The monoisotopic (exact) mass is 464 g/mol. The highest BCUT2D eigenvalue weighted by molar-refractivity contribution is 6.15. The van der Waals surface area contributed by atoms with Crippen LogP contribution in [0.3, 0.4) is 0 Å². The number of piperidine rings is 1. The van der Waals surface area contributed by atoms with Crippen molar-refractivity contribution in [1.29, 1.82) is 0 Å². The molecule has 10 heteroatoms. The number of pyridine rings is 2. The van der Waals surface area contributed by atoms with Crippen molar-refractivity contribution < 1.29 is 9.21 Å². The number of amides is 1. The Labute approximate surface area is 198 Å². The second-order valence-electron chi connectivity index (χ2n) is 9.06. The van der Waals surface area contributed by atoms with Gasteiger partial charge in [-0.15, -0.1) is 0 Å². The van der Waals surface area contributed by atoms with E-state index in [0.717, 1.165) is 17.8 Å². The molecule has 3 atom stereocenters. The van der Waals surface area contributed by atoms with E-state index in [0.29, 0.717) is 29.9 Å². The van der Waals surface area contributed by atoms with E-state index in [9.17, 15) is 4.79 Å². The first-order valence-electron chi connectivity index (χ1n) is 11.5. The molecule has 0 bridgehead atoms. The summed E-state index contributed by atoms with van der Waals surface area (Å²) in [6, 6.07) is 3.56. The predicted octanol–water partition coefficient (Wildman–Crippen LogP) is 2.36. The van der Waals surface area contributed by atoms with Gasteiger partial charge in [-0.3, -0.25) is 19.8 Å². The Morgan fingerprint density at radius 1 is 1.38 bits per heavy atom. The van der Waals surface area contributed by atoms with Gasteiger partial charge in [0.15, 0.2) is 5.58 Å². The molecule has 10 nitrogen and oxygen atoms in total. The lowest BCUT2D eigenvalue weighted by molar-refractivity contribution is 0.102. The van der Waals surface area contributed by atoms with Crippen LogP contribution in [0.1, 0.15) is 42.6 Å². The van der Waals surface area contributed by atoms with Crippen molar-refractivity contribution in [3.8, 4) is 0 Å². The average molecular weight is 465 g/mol. The lowest BCUT2D eigenvalue weighted by Gasteiger charge is -2.41. The summed E-state index contributed by atoms with van der Waals surface area (Å²) < 4.78 is 5.66. The van der Waals surface area contributed by atoms with Crippen molar-refractivity contribution >= 4 is 40.5 Å². The maximum atomic E-state index is 13.3. The van der Waals surface area contributed by atoms with Gasteiger partial charge < -0.3 is 31.8 Å². The molecule has 34 heavy (non-hydrogen) atoms. The van der Waals surface area contributed by atoms with Gasteiger partial charge in [-0.25, -0.2) is 0 Å². The van der Waals surface area contributed by atoms with Crippen LogP contribution < -0.4 is 27.4 Å². The maximum absolute atomic E-state index is 13.3. The minimum absolute atomic E-state index is 0.00132. The van der Waals surface area contributed by atoms with Crippen molar-refractivity contribution in [3.63, 3.8) is 0 Å². The number of hydrogen-bond donors (Lipinski definition) is 4. The molecule has 0 aliphatic carbocycles. The van der Waals surface area contributed by atoms with Crippen molar-refractivity contribution in [2.24, 2.45) is 22.4 Å². The van der Waals surface area contributed by atoms with Crippen LogP contribution in [-0.2, 0) is 0 Å². The molecule has 1 saturated heterocycles. The third-order valence-corrected chi connectivity index (χ3v) is 6.20. The molecule has 3 unspecified atom stereocenters. The molecule has 4 heterocycles. The summed E-state index contributed by atoms with van der Waals surface area (Å²) in [5.74, 6) is 0.101. The number of furan rings is 1. The number of nitrogen functional groups attached to an aromatic ring is 1. The molecule has 4 rings (SSSR count). The van der Waals surface area contributed by atoms with Gasteiger partial charge in [0.1, 0.15) is 11.1 Å². The quantitative estimate of drug-likeness (QED) is 0.404. The van der Waals surface area contributed by atoms with E-state index in [-0.39, 0.29) is 35.4 Å². The zero-order chi connectivity index (χ0) is 24.4. The fraction of sp³-hybridized carbons (Fsp3) is 0.417. The molecule has 3 aromatic heterocycles. The van der Waals surface area contributed by atoms with Crippen LogP contribution in [0, 0.1) is 5.92 Å². The van der Waals surface area contributed by atoms with E-state index in [4.69, 9.17) is 21.6 Å². The second kappa shape index (κ2) is 9.78. The van der Waals surface area contributed by atoms with E-state index < -0.39 is 5.91 Å². The molecule has 1 amide bonds. The van der Waals surface area contributed by atoms with Gasteiger partial charge in [-0.1, -0.05) is 20.8 Å². The lowest BCUT2D eigenvalue weighted by Crippen LogP contribution is -2.55. The third kappa shape index (κ3) is 4.59. The van der Waals surface area contributed by atoms with Gasteiger partial charge in [-0.05, 0) is 29.5 Å². The molecular weight excluding hydrogens is 432 g/mol. The van der Waals surface area contributed by atoms with Crippen molar-refractivity contribution in [2.45, 2.75) is 38.8 Å². The maximum Gasteiger partial charge on any atom is 0.263 e. The summed E-state index contributed by atoms with van der Waals surface area (Å²) in [4.78, 5) is 28.6. The number of anilines is 3. The molecule has 1 aliphatic rings. The molecular formula is C24H32N8O2. The smallest absolute Gasteiger partial charge is 0.263 e. The third-order valence-electron chi connectivity index (χ3n) is 6.20. The molecule has 1 aliphatic heterocycles. The van der Waals surface area contributed by atoms with Crippen LogP contribution in [0.5, 0.6) is 0 Å². The first-order chi connectivity index (χ1) is 16.3. The Hall–Kier alpha value is -3.50. The van der Waals surface area contributed by atoms with Gasteiger partial charge in [-0.2, -0.15) is 0 Å². The zero-order valence-corrected chi connectivity index (χ0v) is 19.7. The minimum atomic E-state index is -0.407. The fourth-order valence-corrected chi connectivity index (χ4v) is 4.44. The molecule has 0 aromatic carbocycles. The SMILES string of the molecule is CC(C)c1cnc2c(C(=O)Nc3cnccc3N3CC(C)C(N=CCN)C(N)C3)c(N)oc2c1. The molecule has 1 fully saturated rings. The first kappa shape index (κ1) is 23.7. The van der Waals surface area contributed by atoms with Gasteiger partial charge in [0.2, 0.25) is 5.88 Å². The Balaban J connectivity index is 1.59. The number of nitrogens with two attached hydrogens (primary N) is 3. The summed E-state index contributed by atoms with van der Waals surface area (Å²) in [5, 5.41) is 2.95. The summed E-state index contributed by atoms with van der Waals surface area (Å²) in [5.41, 5.74) is 21.6. The van der Waals surface area contributed by atoms with Crippen molar-refractivity contribution in [1.82, 2.24) is 9.97 Å². The molecule has 7 N–H and O–H groups in total. The number of aromatic nitrogens is 2. The zero-order valence-electron chi connectivity index (χ0n) is 19.7. The number of hydrogen-bond acceptors (Lipinski definition) is 9. The van der Waals surface area contributed by atoms with Gasteiger partial charge in [0.05, 0.1) is 23.6 Å². The Morgan fingerprint density at radius 3 is 2.88 bits per heavy atom. The number of carbonyl (C=O) groups is 1. The van der Waals surface area contributed by atoms with Crippen LogP contribution in [0.2, 0.25) is 0 Å². The fourth-order valence-electron chi connectivity index (χ4n) is 4.44. The highest BCUT2D eigenvalue weighted by Gasteiger charge is 2.33. The first-order valence-corrected chi connectivity index (χ1v) is 11.5. The highest BCUT2D eigenvalue weighted by Crippen LogP contribution is 2.33. The number of rotatable bonds is 6. The second-order valence-corrected chi connectivity index (χ2v) is 9.06. The predicted molar refractivity (Wildman–Crippen MR) is 135 cm³/mol.